The van der Waals surface area contributed by atoms with Crippen molar-refractivity contribution in [1.82, 2.24) is 5.32 Å². The zero-order valence-corrected chi connectivity index (χ0v) is 11.6. The van der Waals surface area contributed by atoms with Crippen molar-refractivity contribution in [2.75, 3.05) is 6.54 Å². The van der Waals surface area contributed by atoms with Crippen molar-refractivity contribution in [2.45, 2.75) is 40.2 Å². The molecule has 0 saturated carbocycles. The van der Waals surface area contributed by atoms with Crippen LogP contribution in [0.1, 0.15) is 37.9 Å². The molecular formula is C14H21NO3. The summed E-state index contributed by atoms with van der Waals surface area (Å²) in [7, 11) is 0. The highest BCUT2D eigenvalue weighted by Crippen LogP contribution is 2.26. The van der Waals surface area contributed by atoms with E-state index in [0.717, 1.165) is 11.3 Å². The van der Waals surface area contributed by atoms with Crippen LogP contribution >= 0.6 is 0 Å². The van der Waals surface area contributed by atoms with Crippen LogP contribution in [-0.4, -0.2) is 17.6 Å². The van der Waals surface area contributed by atoms with Crippen molar-refractivity contribution in [3.05, 3.63) is 34.8 Å². The fourth-order valence-corrected chi connectivity index (χ4v) is 1.83. The second kappa shape index (κ2) is 5.40. The van der Waals surface area contributed by atoms with Gasteiger partial charge in [-0.05, 0) is 40.7 Å². The van der Waals surface area contributed by atoms with Crippen molar-refractivity contribution < 1.29 is 14.3 Å². The number of amides is 1. The molecule has 4 nitrogen and oxygen atoms in total. The summed E-state index contributed by atoms with van der Waals surface area (Å²) in [5.74, 6) is 1.22. The number of carbonyl (C=O) groups is 1. The molecule has 0 saturated heterocycles. The zero-order valence-electron chi connectivity index (χ0n) is 11.6. The largest absolute Gasteiger partial charge is 0.466 e. The lowest BCUT2D eigenvalue weighted by Gasteiger charge is -2.23. The Labute approximate surface area is 108 Å². The average molecular weight is 251 g/mol. The van der Waals surface area contributed by atoms with E-state index in [-0.39, 0.29) is 12.5 Å². The predicted molar refractivity (Wildman–Crippen MR) is 70.2 cm³/mol. The van der Waals surface area contributed by atoms with Gasteiger partial charge in [0.05, 0.1) is 6.54 Å². The third-order valence-electron chi connectivity index (χ3n) is 2.65. The number of furan rings is 1. The highest BCUT2D eigenvalue weighted by atomic mass is 16.3. The van der Waals surface area contributed by atoms with E-state index in [4.69, 9.17) is 4.42 Å². The van der Waals surface area contributed by atoms with E-state index < -0.39 is 5.60 Å². The van der Waals surface area contributed by atoms with Gasteiger partial charge in [0.2, 0.25) is 5.91 Å². The molecule has 1 aromatic rings. The first-order valence-corrected chi connectivity index (χ1v) is 5.95. The topological polar surface area (TPSA) is 62.5 Å². The van der Waals surface area contributed by atoms with E-state index in [2.05, 4.69) is 5.32 Å². The number of aryl methyl sites for hydroxylation is 2. The molecule has 1 heterocycles. The molecule has 2 N–H and O–H groups in total. The molecule has 0 aliphatic carbocycles. The third kappa shape index (κ3) is 3.74. The Balaban J connectivity index is 2.74. The Morgan fingerprint density at radius 2 is 2.11 bits per heavy atom. The van der Waals surface area contributed by atoms with Gasteiger partial charge in [-0.25, -0.2) is 0 Å². The molecule has 0 aliphatic rings. The molecule has 4 heteroatoms. The van der Waals surface area contributed by atoms with E-state index in [1.54, 1.807) is 19.9 Å². The van der Waals surface area contributed by atoms with Gasteiger partial charge in [-0.3, -0.25) is 4.79 Å². The molecule has 1 atom stereocenters. The highest BCUT2D eigenvalue weighted by Gasteiger charge is 2.27. The van der Waals surface area contributed by atoms with Crippen LogP contribution in [-0.2, 0) is 10.4 Å². The van der Waals surface area contributed by atoms with Gasteiger partial charge in [0.25, 0.3) is 0 Å². The minimum Gasteiger partial charge on any atom is -0.466 e. The van der Waals surface area contributed by atoms with E-state index in [0.29, 0.717) is 11.3 Å². The number of hydrogen-bond donors (Lipinski definition) is 2. The summed E-state index contributed by atoms with van der Waals surface area (Å²) in [6.07, 6.45) is 1.50. The molecule has 1 amide bonds. The zero-order chi connectivity index (χ0) is 13.9. The molecule has 18 heavy (non-hydrogen) atoms. The average Bonchev–Trinajstić information content (AvgIpc) is 2.55. The predicted octanol–water partition coefficient (Wildman–Crippen LogP) is 2.19. The van der Waals surface area contributed by atoms with Crippen molar-refractivity contribution >= 4 is 5.91 Å². The van der Waals surface area contributed by atoms with Crippen LogP contribution in [0.5, 0.6) is 0 Å². The molecule has 100 valence electrons. The Morgan fingerprint density at radius 1 is 1.50 bits per heavy atom. The highest BCUT2D eigenvalue weighted by molar-refractivity contribution is 5.88. The maximum atomic E-state index is 11.5. The molecule has 0 unspecified atom stereocenters. The van der Waals surface area contributed by atoms with Crippen molar-refractivity contribution in [3.63, 3.8) is 0 Å². The first kappa shape index (κ1) is 14.5. The minimum atomic E-state index is -1.13. The number of carbonyl (C=O) groups excluding carboxylic acids is 1. The van der Waals surface area contributed by atoms with Gasteiger partial charge < -0.3 is 14.8 Å². The first-order valence-electron chi connectivity index (χ1n) is 5.95. The standard InChI is InChI=1S/C14H21NO3/c1-9(2)6-13(16)15-8-14(5,17)12-7-10(3)18-11(12)4/h6-7,17H,8H2,1-5H3,(H,15,16)/t14-/m1/s1. The number of allylic oxidation sites excluding steroid dienone is 1. The molecular weight excluding hydrogens is 230 g/mol. The Morgan fingerprint density at radius 3 is 2.56 bits per heavy atom. The summed E-state index contributed by atoms with van der Waals surface area (Å²) in [6, 6.07) is 1.79. The van der Waals surface area contributed by atoms with Gasteiger partial charge >= 0.3 is 0 Å². The smallest absolute Gasteiger partial charge is 0.244 e. The molecule has 0 fully saturated rings. The van der Waals surface area contributed by atoms with E-state index >= 15 is 0 Å². The Bertz CT molecular complexity index is 465. The number of aliphatic hydroxyl groups is 1. The summed E-state index contributed by atoms with van der Waals surface area (Å²) in [6.45, 7) is 9.13. The maximum absolute atomic E-state index is 11.5. The van der Waals surface area contributed by atoms with Gasteiger partial charge in [-0.15, -0.1) is 0 Å². The molecule has 0 aliphatic heterocycles. The molecule has 1 aromatic heterocycles. The van der Waals surface area contributed by atoms with Crippen molar-refractivity contribution in [1.29, 1.82) is 0 Å². The Hall–Kier alpha value is -1.55. The van der Waals surface area contributed by atoms with Crippen molar-refractivity contribution in [2.24, 2.45) is 0 Å². The number of rotatable bonds is 4. The summed E-state index contributed by atoms with van der Waals surface area (Å²) in [5.41, 5.74) is 0.493. The molecule has 0 spiro atoms. The summed E-state index contributed by atoms with van der Waals surface area (Å²) >= 11 is 0. The summed E-state index contributed by atoms with van der Waals surface area (Å²) in [4.78, 5) is 11.5. The third-order valence-corrected chi connectivity index (χ3v) is 2.65. The molecule has 0 radical (unpaired) electrons. The van der Waals surface area contributed by atoms with Gasteiger partial charge in [0.15, 0.2) is 0 Å². The number of nitrogens with one attached hydrogen (secondary N) is 1. The quantitative estimate of drug-likeness (QED) is 0.806. The lowest BCUT2D eigenvalue weighted by Crippen LogP contribution is -2.38. The summed E-state index contributed by atoms with van der Waals surface area (Å²) in [5, 5.41) is 13.0. The lowest BCUT2D eigenvalue weighted by atomic mass is 9.96. The van der Waals surface area contributed by atoms with Crippen LogP contribution in [0.3, 0.4) is 0 Å². The molecule has 0 aromatic carbocycles. The normalized spacial score (nSPS) is 13.9. The number of hydrogen-bond acceptors (Lipinski definition) is 3. The maximum Gasteiger partial charge on any atom is 0.244 e. The SMILES string of the molecule is CC(C)=CC(=O)NC[C@@](C)(O)c1cc(C)oc1C. The van der Waals surface area contributed by atoms with Gasteiger partial charge in [0.1, 0.15) is 17.1 Å². The minimum absolute atomic E-state index is 0.148. The first-order chi connectivity index (χ1) is 8.22. The van der Waals surface area contributed by atoms with Crippen LogP contribution in [0, 0.1) is 13.8 Å². The van der Waals surface area contributed by atoms with E-state index in [1.165, 1.54) is 6.08 Å². The second-order valence-electron chi connectivity index (χ2n) is 5.04. The van der Waals surface area contributed by atoms with Gasteiger partial charge in [-0.1, -0.05) is 5.57 Å². The fourth-order valence-electron chi connectivity index (χ4n) is 1.83. The van der Waals surface area contributed by atoms with Gasteiger partial charge in [-0.2, -0.15) is 0 Å². The second-order valence-corrected chi connectivity index (χ2v) is 5.04. The molecule has 1 rings (SSSR count). The van der Waals surface area contributed by atoms with Crippen LogP contribution in [0.15, 0.2) is 22.1 Å². The van der Waals surface area contributed by atoms with Crippen LogP contribution < -0.4 is 5.32 Å². The fraction of sp³-hybridized carbons (Fsp3) is 0.500. The Kier molecular flexibility index (Phi) is 4.35. The molecule has 0 bridgehead atoms. The monoisotopic (exact) mass is 251 g/mol. The van der Waals surface area contributed by atoms with Gasteiger partial charge in [0, 0.05) is 11.6 Å². The lowest BCUT2D eigenvalue weighted by molar-refractivity contribution is -0.117. The summed E-state index contributed by atoms with van der Waals surface area (Å²) < 4.78 is 5.39. The van der Waals surface area contributed by atoms with E-state index in [9.17, 15) is 9.90 Å². The van der Waals surface area contributed by atoms with Crippen molar-refractivity contribution in [3.8, 4) is 0 Å². The van der Waals surface area contributed by atoms with Crippen LogP contribution in [0.4, 0.5) is 0 Å². The van der Waals surface area contributed by atoms with E-state index in [1.807, 2.05) is 20.8 Å². The van der Waals surface area contributed by atoms with Crippen LogP contribution in [0.2, 0.25) is 0 Å². The van der Waals surface area contributed by atoms with Crippen LogP contribution in [0.25, 0.3) is 0 Å².